The standard InChI is InChI=1S/C18H29F3N6O2.HI/c1-5-22-15(26-11-12-27-16(28)29-17(2,3)4)25-10-9-24-14-13(18(19,20)21)7-6-8-23-14;/h6-8H,5,9-12H2,1-4H3,(H,23,24)(H,27,28)(H2,22,25,26);1H. The summed E-state index contributed by atoms with van der Waals surface area (Å²) in [6.45, 7) is 8.94. The Hall–Kier alpha value is -1.99. The Morgan fingerprint density at radius 2 is 1.80 bits per heavy atom. The lowest BCUT2D eigenvalue weighted by molar-refractivity contribution is -0.137. The lowest BCUT2D eigenvalue weighted by atomic mass is 10.2. The molecule has 0 spiro atoms. The number of nitrogens with one attached hydrogen (secondary N) is 4. The third kappa shape index (κ3) is 11.9. The van der Waals surface area contributed by atoms with Gasteiger partial charge in [0.25, 0.3) is 0 Å². The van der Waals surface area contributed by atoms with Gasteiger partial charge in [0, 0.05) is 32.4 Å². The molecule has 12 heteroatoms. The SMILES string of the molecule is CCNC(=NCCNc1ncccc1C(F)(F)F)NCCNC(=O)OC(C)(C)C.I. The molecule has 8 nitrogen and oxygen atoms in total. The first-order valence-corrected chi connectivity index (χ1v) is 9.28. The molecule has 4 N–H and O–H groups in total. The molecule has 1 aromatic heterocycles. The van der Waals surface area contributed by atoms with Crippen molar-refractivity contribution in [3.63, 3.8) is 0 Å². The van der Waals surface area contributed by atoms with E-state index in [2.05, 4.69) is 31.2 Å². The fourth-order valence-electron chi connectivity index (χ4n) is 2.12. The van der Waals surface area contributed by atoms with E-state index in [1.807, 2.05) is 6.92 Å². The van der Waals surface area contributed by atoms with Gasteiger partial charge in [-0.3, -0.25) is 4.99 Å². The van der Waals surface area contributed by atoms with Crippen molar-refractivity contribution in [2.45, 2.75) is 39.5 Å². The van der Waals surface area contributed by atoms with E-state index in [0.717, 1.165) is 6.07 Å². The number of nitrogens with zero attached hydrogens (tertiary/aromatic N) is 2. The van der Waals surface area contributed by atoms with Crippen LogP contribution in [0.4, 0.5) is 23.8 Å². The predicted octanol–water partition coefficient (Wildman–Crippen LogP) is 3.21. The zero-order valence-electron chi connectivity index (χ0n) is 17.5. The fraction of sp³-hybridized carbons (Fsp3) is 0.611. The fourth-order valence-corrected chi connectivity index (χ4v) is 2.12. The molecule has 0 radical (unpaired) electrons. The van der Waals surface area contributed by atoms with E-state index >= 15 is 0 Å². The molecule has 0 unspecified atom stereocenters. The number of amides is 1. The normalized spacial score (nSPS) is 11.9. The van der Waals surface area contributed by atoms with Crippen LogP contribution in [-0.2, 0) is 10.9 Å². The number of aromatic nitrogens is 1. The van der Waals surface area contributed by atoms with Gasteiger partial charge in [-0.1, -0.05) is 0 Å². The molecule has 1 heterocycles. The van der Waals surface area contributed by atoms with Crippen LogP contribution in [0.1, 0.15) is 33.3 Å². The first-order valence-electron chi connectivity index (χ1n) is 9.28. The van der Waals surface area contributed by atoms with Crippen LogP contribution >= 0.6 is 24.0 Å². The molecule has 0 bridgehead atoms. The second-order valence-electron chi connectivity index (χ2n) is 6.94. The van der Waals surface area contributed by atoms with E-state index in [0.29, 0.717) is 25.6 Å². The Bertz CT molecular complexity index is 681. The summed E-state index contributed by atoms with van der Waals surface area (Å²) in [6, 6.07) is 2.21. The zero-order chi connectivity index (χ0) is 21.9. The van der Waals surface area contributed by atoms with Gasteiger partial charge in [-0.15, -0.1) is 24.0 Å². The van der Waals surface area contributed by atoms with Gasteiger partial charge in [-0.25, -0.2) is 9.78 Å². The number of rotatable bonds is 8. The maximum atomic E-state index is 12.9. The first kappa shape index (κ1) is 28.0. The molecule has 0 aliphatic rings. The second kappa shape index (κ2) is 13.3. The minimum atomic E-state index is -4.47. The molecule has 0 aliphatic carbocycles. The van der Waals surface area contributed by atoms with Gasteiger partial charge < -0.3 is 26.0 Å². The van der Waals surface area contributed by atoms with Crippen molar-refractivity contribution in [1.29, 1.82) is 0 Å². The molecular formula is C18H30F3IN6O2. The molecule has 0 aliphatic heterocycles. The summed E-state index contributed by atoms with van der Waals surface area (Å²) in [4.78, 5) is 19.6. The highest BCUT2D eigenvalue weighted by Crippen LogP contribution is 2.33. The van der Waals surface area contributed by atoms with E-state index in [-0.39, 0.29) is 42.9 Å². The Morgan fingerprint density at radius 1 is 1.13 bits per heavy atom. The van der Waals surface area contributed by atoms with Gasteiger partial charge in [0.1, 0.15) is 11.4 Å². The smallest absolute Gasteiger partial charge is 0.419 e. The van der Waals surface area contributed by atoms with Gasteiger partial charge >= 0.3 is 12.3 Å². The Balaban J connectivity index is 0.00000841. The Labute approximate surface area is 191 Å². The monoisotopic (exact) mass is 546 g/mol. The molecule has 0 saturated heterocycles. The van der Waals surface area contributed by atoms with Crippen molar-refractivity contribution in [2.75, 3.05) is 38.0 Å². The average Bonchev–Trinajstić information content (AvgIpc) is 2.60. The number of carbonyl (C=O) groups excluding carboxylic acids is 1. The summed E-state index contributed by atoms with van der Waals surface area (Å²) < 4.78 is 44.0. The lowest BCUT2D eigenvalue weighted by Crippen LogP contribution is -2.42. The molecule has 0 fully saturated rings. The molecule has 30 heavy (non-hydrogen) atoms. The van der Waals surface area contributed by atoms with Crippen molar-refractivity contribution in [1.82, 2.24) is 20.9 Å². The van der Waals surface area contributed by atoms with Gasteiger partial charge in [0.15, 0.2) is 5.96 Å². The number of alkyl carbamates (subject to hydrolysis) is 1. The average molecular weight is 546 g/mol. The quantitative estimate of drug-likeness (QED) is 0.173. The summed E-state index contributed by atoms with van der Waals surface area (Å²) in [7, 11) is 0. The van der Waals surface area contributed by atoms with Gasteiger partial charge in [-0.2, -0.15) is 13.2 Å². The first-order chi connectivity index (χ1) is 13.5. The highest BCUT2D eigenvalue weighted by Gasteiger charge is 2.33. The molecule has 0 atom stereocenters. The number of aliphatic imine (C=N–C) groups is 1. The van der Waals surface area contributed by atoms with Crippen molar-refractivity contribution >= 4 is 41.8 Å². The van der Waals surface area contributed by atoms with Crippen molar-refractivity contribution < 1.29 is 22.7 Å². The van der Waals surface area contributed by atoms with Gasteiger partial charge in [0.05, 0.1) is 12.1 Å². The van der Waals surface area contributed by atoms with E-state index < -0.39 is 23.4 Å². The summed E-state index contributed by atoms with van der Waals surface area (Å²) in [6.07, 6.45) is -3.69. The van der Waals surface area contributed by atoms with Crippen LogP contribution in [0.3, 0.4) is 0 Å². The second-order valence-corrected chi connectivity index (χ2v) is 6.94. The van der Waals surface area contributed by atoms with Crippen molar-refractivity contribution in [3.8, 4) is 0 Å². The summed E-state index contributed by atoms with van der Waals surface area (Å²) in [5.41, 5.74) is -1.39. The summed E-state index contributed by atoms with van der Waals surface area (Å²) >= 11 is 0. The topological polar surface area (TPSA) is 99.7 Å². The molecule has 1 aromatic rings. The largest absolute Gasteiger partial charge is 0.444 e. The number of guanidine groups is 1. The third-order valence-corrected chi connectivity index (χ3v) is 3.22. The van der Waals surface area contributed by atoms with Gasteiger partial charge in [0.2, 0.25) is 0 Å². The predicted molar refractivity (Wildman–Crippen MR) is 121 cm³/mol. The number of alkyl halides is 3. The van der Waals surface area contributed by atoms with E-state index in [4.69, 9.17) is 4.74 Å². The maximum absolute atomic E-state index is 12.9. The molecule has 172 valence electrons. The van der Waals surface area contributed by atoms with E-state index in [1.165, 1.54) is 12.3 Å². The van der Waals surface area contributed by atoms with Crippen LogP contribution in [0.2, 0.25) is 0 Å². The molecule has 1 rings (SSSR count). The van der Waals surface area contributed by atoms with Crippen molar-refractivity contribution in [3.05, 3.63) is 23.9 Å². The number of carbonyl (C=O) groups is 1. The third-order valence-electron chi connectivity index (χ3n) is 3.22. The van der Waals surface area contributed by atoms with Crippen LogP contribution in [0.25, 0.3) is 0 Å². The number of pyridine rings is 1. The number of hydrogen-bond acceptors (Lipinski definition) is 5. The minimum absolute atomic E-state index is 0. The lowest BCUT2D eigenvalue weighted by Gasteiger charge is -2.20. The number of anilines is 1. The summed E-state index contributed by atoms with van der Waals surface area (Å²) in [5, 5.41) is 11.3. The molecular weight excluding hydrogens is 516 g/mol. The summed E-state index contributed by atoms with van der Waals surface area (Å²) in [5.74, 6) is 0.257. The van der Waals surface area contributed by atoms with Crippen LogP contribution in [0.15, 0.2) is 23.3 Å². The van der Waals surface area contributed by atoms with Crippen LogP contribution in [0, 0.1) is 0 Å². The Kier molecular flexibility index (Phi) is 12.5. The van der Waals surface area contributed by atoms with Gasteiger partial charge in [-0.05, 0) is 39.8 Å². The van der Waals surface area contributed by atoms with Crippen LogP contribution in [-0.4, -0.2) is 55.4 Å². The van der Waals surface area contributed by atoms with Crippen LogP contribution in [0.5, 0.6) is 0 Å². The number of ether oxygens (including phenoxy) is 1. The van der Waals surface area contributed by atoms with Crippen LogP contribution < -0.4 is 21.3 Å². The number of halogens is 4. The molecule has 1 amide bonds. The number of hydrogen-bond donors (Lipinski definition) is 4. The molecule has 0 aromatic carbocycles. The Morgan fingerprint density at radius 3 is 2.40 bits per heavy atom. The van der Waals surface area contributed by atoms with E-state index in [1.54, 1.807) is 20.8 Å². The highest BCUT2D eigenvalue weighted by molar-refractivity contribution is 14.0. The molecule has 0 saturated carbocycles. The minimum Gasteiger partial charge on any atom is -0.444 e. The van der Waals surface area contributed by atoms with Crippen molar-refractivity contribution in [2.24, 2.45) is 4.99 Å². The zero-order valence-corrected chi connectivity index (χ0v) is 19.9. The maximum Gasteiger partial charge on any atom is 0.419 e. The van der Waals surface area contributed by atoms with E-state index in [9.17, 15) is 18.0 Å². The highest BCUT2D eigenvalue weighted by atomic mass is 127.